The molecule has 2 aromatic rings. The highest BCUT2D eigenvalue weighted by molar-refractivity contribution is 6.31. The summed E-state index contributed by atoms with van der Waals surface area (Å²) in [5.74, 6) is -2.75. The zero-order valence-electron chi connectivity index (χ0n) is 21.0. The average molecular weight is 566 g/mol. The van der Waals surface area contributed by atoms with Gasteiger partial charge >= 0.3 is 0 Å². The van der Waals surface area contributed by atoms with Gasteiger partial charge in [-0.1, -0.05) is 49.0 Å². The first kappa shape index (κ1) is 27.3. The minimum atomic E-state index is -1.36. The summed E-state index contributed by atoms with van der Waals surface area (Å²) in [6, 6.07) is 5.51. The van der Waals surface area contributed by atoms with Crippen molar-refractivity contribution in [2.75, 3.05) is 11.9 Å². The molecule has 5 unspecified atom stereocenters. The predicted molar refractivity (Wildman–Crippen MR) is 142 cm³/mol. The number of hydrogen-bond acceptors (Lipinski definition) is 4. The third-order valence-corrected chi connectivity index (χ3v) is 9.09. The van der Waals surface area contributed by atoms with Gasteiger partial charge in [0.1, 0.15) is 17.0 Å². The van der Waals surface area contributed by atoms with Crippen molar-refractivity contribution in [2.24, 2.45) is 5.92 Å². The van der Waals surface area contributed by atoms with Crippen molar-refractivity contribution in [3.8, 4) is 0 Å². The van der Waals surface area contributed by atoms with Crippen LogP contribution in [0, 0.1) is 17.6 Å². The van der Waals surface area contributed by atoms with E-state index in [0.29, 0.717) is 29.7 Å². The number of anilines is 1. The van der Waals surface area contributed by atoms with Crippen molar-refractivity contribution < 1.29 is 23.5 Å². The lowest BCUT2D eigenvalue weighted by molar-refractivity contribution is -0.124. The van der Waals surface area contributed by atoms with Crippen LogP contribution in [0.4, 0.5) is 14.5 Å². The van der Waals surface area contributed by atoms with Gasteiger partial charge in [-0.05, 0) is 67.0 Å². The Morgan fingerprint density at radius 1 is 1.16 bits per heavy atom. The van der Waals surface area contributed by atoms with Crippen LogP contribution in [0.3, 0.4) is 0 Å². The van der Waals surface area contributed by atoms with Gasteiger partial charge < -0.3 is 21.1 Å². The van der Waals surface area contributed by atoms with Crippen LogP contribution in [0.25, 0.3) is 0 Å². The molecule has 2 heterocycles. The molecule has 1 spiro atoms. The summed E-state index contributed by atoms with van der Waals surface area (Å²) in [6.45, 7) is 2.11. The molecule has 204 valence electrons. The lowest BCUT2D eigenvalue weighted by Gasteiger charge is -2.37. The first-order valence-electron chi connectivity index (χ1n) is 13.2. The Morgan fingerprint density at radius 3 is 2.55 bits per heavy atom. The predicted octanol–water partition coefficient (Wildman–Crippen LogP) is 5.05. The van der Waals surface area contributed by atoms with E-state index in [1.165, 1.54) is 30.3 Å². The van der Waals surface area contributed by atoms with Gasteiger partial charge in [-0.2, -0.15) is 0 Å². The van der Waals surface area contributed by atoms with Gasteiger partial charge in [-0.25, -0.2) is 8.78 Å². The zero-order chi connectivity index (χ0) is 27.2. The van der Waals surface area contributed by atoms with Crippen LogP contribution < -0.4 is 16.0 Å². The molecule has 5 atom stereocenters. The van der Waals surface area contributed by atoms with Crippen LogP contribution in [0.15, 0.2) is 30.3 Å². The third-order valence-electron chi connectivity index (χ3n) is 8.51. The molecular weight excluding hydrogens is 535 g/mol. The number of carbonyl (C=O) groups is 2. The molecule has 2 amide bonds. The molecule has 0 bridgehead atoms. The van der Waals surface area contributed by atoms with Crippen molar-refractivity contribution >= 4 is 40.7 Å². The van der Waals surface area contributed by atoms with Crippen LogP contribution in [0.5, 0.6) is 0 Å². The number of amides is 2. The Kier molecular flexibility index (Phi) is 7.70. The number of nitrogens with one attached hydrogen (secondary N) is 3. The Bertz CT molecular complexity index is 1260. The Hall–Kier alpha value is -2.26. The van der Waals surface area contributed by atoms with Gasteiger partial charge in [0, 0.05) is 24.2 Å². The number of fused-ring (bicyclic) bond motifs is 2. The van der Waals surface area contributed by atoms with E-state index in [1.807, 2.05) is 6.92 Å². The summed E-state index contributed by atoms with van der Waals surface area (Å²) in [6.07, 6.45) is 4.08. The minimum absolute atomic E-state index is 0.0589. The van der Waals surface area contributed by atoms with Crippen molar-refractivity contribution in [1.29, 1.82) is 0 Å². The summed E-state index contributed by atoms with van der Waals surface area (Å²) >= 11 is 12.3. The molecule has 1 saturated carbocycles. The molecule has 0 aromatic heterocycles. The second-order valence-electron chi connectivity index (χ2n) is 10.6. The van der Waals surface area contributed by atoms with E-state index in [-0.39, 0.29) is 34.3 Å². The van der Waals surface area contributed by atoms with E-state index in [2.05, 4.69) is 16.0 Å². The highest BCUT2D eigenvalue weighted by Gasteiger charge is 2.67. The Balaban J connectivity index is 1.67. The molecule has 5 rings (SSSR count). The van der Waals surface area contributed by atoms with Gasteiger partial charge in [-0.3, -0.25) is 9.59 Å². The fourth-order valence-electron chi connectivity index (χ4n) is 6.70. The van der Waals surface area contributed by atoms with Crippen LogP contribution in [0.1, 0.15) is 62.5 Å². The van der Waals surface area contributed by atoms with Gasteiger partial charge in [0.2, 0.25) is 11.8 Å². The molecule has 1 saturated heterocycles. The van der Waals surface area contributed by atoms with E-state index in [4.69, 9.17) is 23.2 Å². The fourth-order valence-corrected chi connectivity index (χ4v) is 7.05. The molecule has 2 fully saturated rings. The second kappa shape index (κ2) is 10.7. The van der Waals surface area contributed by atoms with E-state index in [9.17, 15) is 23.5 Å². The van der Waals surface area contributed by atoms with E-state index in [1.54, 1.807) is 0 Å². The summed E-state index contributed by atoms with van der Waals surface area (Å²) in [7, 11) is 0. The van der Waals surface area contributed by atoms with E-state index >= 15 is 0 Å². The Morgan fingerprint density at radius 2 is 1.87 bits per heavy atom. The van der Waals surface area contributed by atoms with Crippen molar-refractivity contribution in [1.82, 2.24) is 10.6 Å². The number of hydrogen-bond donors (Lipinski definition) is 4. The molecule has 6 nitrogen and oxygen atoms in total. The molecule has 10 heteroatoms. The maximum absolute atomic E-state index is 15.0. The smallest absolute Gasteiger partial charge is 0.237 e. The van der Waals surface area contributed by atoms with Gasteiger partial charge in [0.25, 0.3) is 0 Å². The van der Waals surface area contributed by atoms with Gasteiger partial charge in [0.15, 0.2) is 0 Å². The van der Waals surface area contributed by atoms with E-state index < -0.39 is 41.2 Å². The molecule has 3 aliphatic rings. The molecule has 2 aromatic carbocycles. The van der Waals surface area contributed by atoms with Crippen LogP contribution in [-0.4, -0.2) is 41.7 Å². The largest absolute Gasteiger partial charge is 0.393 e. The first-order chi connectivity index (χ1) is 18.2. The number of rotatable bonds is 7. The van der Waals surface area contributed by atoms with Crippen molar-refractivity contribution in [3.05, 3.63) is 63.1 Å². The SMILES string of the molecule is CCC(O)CCNC(=O)C1NC(C2CCCC2)C2(C(=O)Nc3cc(Cl)c(F)cc32)C1c1ccc(F)c(Cl)c1. The molecule has 4 N–H and O–H groups in total. The first-order valence-corrected chi connectivity index (χ1v) is 13.9. The summed E-state index contributed by atoms with van der Waals surface area (Å²) < 4.78 is 29.2. The van der Waals surface area contributed by atoms with Crippen LogP contribution in [-0.2, 0) is 15.0 Å². The number of halogens is 4. The maximum Gasteiger partial charge on any atom is 0.237 e. The third kappa shape index (κ3) is 4.49. The van der Waals surface area contributed by atoms with Gasteiger partial charge in [0.05, 0.1) is 22.2 Å². The minimum Gasteiger partial charge on any atom is -0.393 e. The standard InChI is InChI=1S/C28H31Cl2F2N3O3/c1-2-16(36)9-10-33-26(37)24-23(15-7-8-20(31)18(29)11-15)28(25(35-24)14-5-3-4-6-14)17-12-21(32)19(30)13-22(17)34-27(28)38/h7-8,11-14,16,23-25,35-36H,2-6,9-10H2,1H3,(H,33,37)(H,34,38). The fraction of sp³-hybridized carbons (Fsp3) is 0.500. The molecule has 1 aliphatic carbocycles. The molecule has 0 radical (unpaired) electrons. The zero-order valence-corrected chi connectivity index (χ0v) is 22.5. The topological polar surface area (TPSA) is 90.5 Å². The molecule has 2 aliphatic heterocycles. The summed E-state index contributed by atoms with van der Waals surface area (Å²) in [4.78, 5) is 27.8. The monoisotopic (exact) mass is 565 g/mol. The average Bonchev–Trinajstić information content (AvgIpc) is 3.60. The maximum atomic E-state index is 15.0. The lowest BCUT2D eigenvalue weighted by atomic mass is 9.62. The number of aliphatic hydroxyl groups is 1. The normalized spacial score (nSPS) is 27.5. The van der Waals surface area contributed by atoms with Crippen LogP contribution in [0.2, 0.25) is 10.0 Å². The Labute approximate surface area is 230 Å². The van der Waals surface area contributed by atoms with Crippen molar-refractivity contribution in [2.45, 2.75) is 75.0 Å². The highest BCUT2D eigenvalue weighted by atomic mass is 35.5. The van der Waals surface area contributed by atoms with Gasteiger partial charge in [-0.15, -0.1) is 0 Å². The van der Waals surface area contributed by atoms with Crippen molar-refractivity contribution in [3.63, 3.8) is 0 Å². The summed E-state index contributed by atoms with van der Waals surface area (Å²) in [5.41, 5.74) is -0.0361. The quantitative estimate of drug-likeness (QED) is 0.378. The number of benzene rings is 2. The summed E-state index contributed by atoms with van der Waals surface area (Å²) in [5, 5.41) is 19.0. The molecular formula is C28H31Cl2F2N3O3. The molecule has 38 heavy (non-hydrogen) atoms. The van der Waals surface area contributed by atoms with Crippen LogP contribution >= 0.6 is 23.2 Å². The number of aliphatic hydroxyl groups excluding tert-OH is 1. The highest BCUT2D eigenvalue weighted by Crippen LogP contribution is 2.58. The van der Waals surface area contributed by atoms with E-state index in [0.717, 1.165) is 25.7 Å². The second-order valence-corrected chi connectivity index (χ2v) is 11.4. The number of carbonyl (C=O) groups excluding carboxylic acids is 2. The lowest BCUT2D eigenvalue weighted by Crippen LogP contribution is -2.51.